The molecule has 5 N–H and O–H groups in total. The second-order valence-electron chi connectivity index (χ2n) is 15.9. The Morgan fingerprint density at radius 1 is 1.02 bits per heavy atom. The molecule has 0 radical (unpaired) electrons. The fourth-order valence-electron chi connectivity index (χ4n) is 8.18. The molecule has 252 valence electrons. The number of fused-ring (bicyclic) bond motifs is 1. The highest BCUT2D eigenvalue weighted by Gasteiger charge is 2.70. The van der Waals surface area contributed by atoms with Gasteiger partial charge >= 0.3 is 6.03 Å². The van der Waals surface area contributed by atoms with Crippen molar-refractivity contribution >= 4 is 29.5 Å². The largest absolute Gasteiger partial charge is 0.363 e. The van der Waals surface area contributed by atoms with E-state index >= 15 is 0 Å². The number of pyridine rings is 1. The van der Waals surface area contributed by atoms with Crippen LogP contribution in [-0.4, -0.2) is 69.6 Å². The van der Waals surface area contributed by atoms with Gasteiger partial charge in [0.25, 0.3) is 5.91 Å². The van der Waals surface area contributed by atoms with Gasteiger partial charge < -0.3 is 26.6 Å². The molecule has 4 fully saturated rings. The minimum Gasteiger partial charge on any atom is -0.363 e. The summed E-state index contributed by atoms with van der Waals surface area (Å²) in [5.74, 6) is -2.39. The van der Waals surface area contributed by atoms with Gasteiger partial charge in [-0.3, -0.25) is 24.2 Å². The third kappa shape index (κ3) is 7.08. The van der Waals surface area contributed by atoms with E-state index in [-0.39, 0.29) is 29.1 Å². The van der Waals surface area contributed by atoms with Gasteiger partial charge in [0.15, 0.2) is 0 Å². The second kappa shape index (κ2) is 13.0. The van der Waals surface area contributed by atoms with Crippen molar-refractivity contribution in [1.82, 2.24) is 25.8 Å². The van der Waals surface area contributed by atoms with E-state index in [9.17, 15) is 24.0 Å². The minimum atomic E-state index is -1.07. The molecule has 5 amide bonds. The van der Waals surface area contributed by atoms with Crippen molar-refractivity contribution in [1.29, 1.82) is 0 Å². The Morgan fingerprint density at radius 2 is 1.72 bits per heavy atom. The molecule has 3 aliphatic carbocycles. The van der Waals surface area contributed by atoms with Crippen LogP contribution >= 0.6 is 0 Å². The molecule has 4 aliphatic rings. The van der Waals surface area contributed by atoms with E-state index in [1.165, 1.54) is 0 Å². The number of nitrogens with two attached hydrogens (primary N) is 1. The molecular formula is C35H52N6O5. The summed E-state index contributed by atoms with van der Waals surface area (Å²) < 4.78 is 0. The lowest BCUT2D eigenvalue weighted by atomic mass is 9.78. The Kier molecular flexibility index (Phi) is 9.53. The number of hydrogen-bond acceptors (Lipinski definition) is 6. The average Bonchev–Trinajstić information content (AvgIpc) is 3.28. The predicted molar refractivity (Wildman–Crippen MR) is 173 cm³/mol. The maximum Gasteiger partial charge on any atom is 0.315 e. The summed E-state index contributed by atoms with van der Waals surface area (Å²) in [4.78, 5) is 72.8. The number of primary amides is 1. The van der Waals surface area contributed by atoms with Crippen LogP contribution in [0.1, 0.15) is 98.1 Å². The van der Waals surface area contributed by atoms with Crippen molar-refractivity contribution in [3.63, 3.8) is 0 Å². The molecule has 2 heterocycles. The summed E-state index contributed by atoms with van der Waals surface area (Å²) in [6.07, 6.45) is 10.4. The number of carbonyl (C=O) groups is 5. The van der Waals surface area contributed by atoms with Crippen LogP contribution < -0.4 is 21.7 Å². The van der Waals surface area contributed by atoms with Crippen LogP contribution in [0.15, 0.2) is 24.4 Å². The number of nitrogens with one attached hydrogen (secondary N) is 3. The quantitative estimate of drug-likeness (QED) is 0.273. The van der Waals surface area contributed by atoms with Gasteiger partial charge in [-0.1, -0.05) is 79.2 Å². The zero-order valence-electron chi connectivity index (χ0n) is 28.1. The number of Topliss-reactive ketones (excluding diaryl/α,β-unsaturated/α-hetero) is 1. The van der Waals surface area contributed by atoms with Crippen LogP contribution in [0.5, 0.6) is 0 Å². The molecule has 1 aromatic rings. The molecule has 1 aromatic heterocycles. The van der Waals surface area contributed by atoms with Crippen molar-refractivity contribution in [3.05, 3.63) is 30.1 Å². The zero-order chi connectivity index (χ0) is 33.4. The van der Waals surface area contributed by atoms with E-state index < -0.39 is 52.7 Å². The van der Waals surface area contributed by atoms with Gasteiger partial charge in [-0.15, -0.1) is 0 Å². The molecule has 0 aromatic carbocycles. The molecule has 1 aliphatic heterocycles. The lowest BCUT2D eigenvalue weighted by Gasteiger charge is -2.41. The Labute approximate surface area is 272 Å². The van der Waals surface area contributed by atoms with Gasteiger partial charge in [0.2, 0.25) is 17.6 Å². The van der Waals surface area contributed by atoms with Crippen LogP contribution in [0.4, 0.5) is 4.79 Å². The van der Waals surface area contributed by atoms with E-state index in [0.717, 1.165) is 57.1 Å². The monoisotopic (exact) mass is 636 g/mol. The van der Waals surface area contributed by atoms with Crippen molar-refractivity contribution in [2.45, 2.75) is 122 Å². The minimum absolute atomic E-state index is 0.0946. The standard InChI is InChI=1S/C35H52N6O5/c1-33(2,3)28(39-32(46)40-35(15-8-6-9-16-35)19-22-14-7-10-17-37-22)31(45)41-20-23-25(34(23,4)5)26(41)30(44)38-24(27(42)29(36)43)18-21-12-11-13-21/h7,10,14,17,21,23-26,28H,6,8-9,11-13,15-16,18-20H2,1-5H3,(H2,36,43)(H,38,44)(H2,39,40,46)/t23-,24?,25-,26-,28+/m0/s1. The lowest BCUT2D eigenvalue weighted by Crippen LogP contribution is -2.63. The predicted octanol–water partition coefficient (Wildman–Crippen LogP) is 3.25. The molecule has 11 nitrogen and oxygen atoms in total. The Bertz CT molecular complexity index is 1330. The van der Waals surface area contributed by atoms with E-state index in [4.69, 9.17) is 5.73 Å². The van der Waals surface area contributed by atoms with Crippen molar-refractivity contribution in [2.75, 3.05) is 6.54 Å². The number of piperidine rings is 1. The highest BCUT2D eigenvalue weighted by atomic mass is 16.2. The molecule has 3 saturated carbocycles. The highest BCUT2D eigenvalue weighted by Crippen LogP contribution is 2.65. The zero-order valence-corrected chi connectivity index (χ0v) is 28.1. The normalized spacial score (nSPS) is 26.1. The summed E-state index contributed by atoms with van der Waals surface area (Å²) >= 11 is 0. The molecule has 0 bridgehead atoms. The number of nitrogens with zero attached hydrogens (tertiary/aromatic N) is 2. The maximum atomic E-state index is 14.4. The first-order chi connectivity index (χ1) is 21.6. The summed E-state index contributed by atoms with van der Waals surface area (Å²) in [6, 6.07) is 2.64. The fraction of sp³-hybridized carbons (Fsp3) is 0.714. The van der Waals surface area contributed by atoms with Gasteiger partial charge in [-0.05, 0) is 60.0 Å². The summed E-state index contributed by atoms with van der Waals surface area (Å²) in [5.41, 5.74) is 4.98. The van der Waals surface area contributed by atoms with Crippen molar-refractivity contribution in [2.24, 2.45) is 34.3 Å². The number of carbonyl (C=O) groups excluding carboxylic acids is 5. The number of amides is 5. The van der Waals surface area contributed by atoms with Crippen LogP contribution in [0.3, 0.4) is 0 Å². The molecule has 1 unspecified atom stereocenters. The van der Waals surface area contributed by atoms with E-state index in [2.05, 4.69) is 34.8 Å². The molecule has 0 spiro atoms. The lowest BCUT2D eigenvalue weighted by molar-refractivity contribution is -0.145. The first kappa shape index (κ1) is 33.9. The number of ketones is 1. The van der Waals surface area contributed by atoms with Crippen LogP contribution in [0.25, 0.3) is 0 Å². The second-order valence-corrected chi connectivity index (χ2v) is 15.9. The molecule has 11 heteroatoms. The molecule has 1 saturated heterocycles. The molecule has 5 rings (SSSR count). The maximum absolute atomic E-state index is 14.4. The molecular weight excluding hydrogens is 584 g/mol. The number of urea groups is 1. The molecule has 46 heavy (non-hydrogen) atoms. The number of aromatic nitrogens is 1. The first-order valence-electron chi connectivity index (χ1n) is 17.1. The Balaban J connectivity index is 1.33. The Morgan fingerprint density at radius 3 is 2.28 bits per heavy atom. The van der Waals surface area contributed by atoms with Crippen LogP contribution in [0, 0.1) is 28.6 Å². The number of rotatable bonds is 11. The smallest absolute Gasteiger partial charge is 0.315 e. The number of likely N-dealkylation sites (tertiary alicyclic amines) is 1. The third-order valence-corrected chi connectivity index (χ3v) is 11.3. The SMILES string of the molecule is CC(C)(C)[C@H](NC(=O)NC1(Cc2ccccn2)CCCCC1)C(=O)N1C[C@H]2[C@@H]([C@H]1C(=O)NC(CC1CCC1)C(=O)C(N)=O)C2(C)C. The van der Waals surface area contributed by atoms with Gasteiger partial charge in [0.1, 0.15) is 12.1 Å². The van der Waals surface area contributed by atoms with Gasteiger partial charge in [0.05, 0.1) is 6.04 Å². The van der Waals surface area contributed by atoms with Gasteiger partial charge in [-0.25, -0.2) is 4.79 Å². The first-order valence-corrected chi connectivity index (χ1v) is 17.1. The fourth-order valence-corrected chi connectivity index (χ4v) is 8.18. The van der Waals surface area contributed by atoms with E-state index in [1.807, 2.05) is 39.0 Å². The van der Waals surface area contributed by atoms with Crippen LogP contribution in [-0.2, 0) is 25.6 Å². The molecule has 5 atom stereocenters. The summed E-state index contributed by atoms with van der Waals surface area (Å²) in [6.45, 7) is 10.2. The van der Waals surface area contributed by atoms with Gasteiger partial charge in [-0.2, -0.15) is 0 Å². The van der Waals surface area contributed by atoms with Crippen molar-refractivity contribution in [3.8, 4) is 0 Å². The Hall–Kier alpha value is -3.50. The number of hydrogen-bond donors (Lipinski definition) is 4. The highest BCUT2D eigenvalue weighted by molar-refractivity contribution is 6.37. The average molecular weight is 637 g/mol. The van der Waals surface area contributed by atoms with Crippen molar-refractivity contribution < 1.29 is 24.0 Å². The topological polar surface area (TPSA) is 164 Å². The van der Waals surface area contributed by atoms with E-state index in [0.29, 0.717) is 19.4 Å². The van der Waals surface area contributed by atoms with Crippen LogP contribution in [0.2, 0.25) is 0 Å². The summed E-state index contributed by atoms with van der Waals surface area (Å²) in [7, 11) is 0. The summed E-state index contributed by atoms with van der Waals surface area (Å²) in [5, 5.41) is 9.09. The van der Waals surface area contributed by atoms with Gasteiger partial charge in [0, 0.05) is 30.4 Å². The third-order valence-electron chi connectivity index (χ3n) is 11.3. The van der Waals surface area contributed by atoms with E-state index in [1.54, 1.807) is 11.1 Å².